The van der Waals surface area contributed by atoms with Crippen LogP contribution in [0.3, 0.4) is 0 Å². The number of ketones is 2. The molecule has 1 amide bonds. The lowest BCUT2D eigenvalue weighted by molar-refractivity contribution is -0.155. The third-order valence-corrected chi connectivity index (χ3v) is 8.35. The Morgan fingerprint density at radius 1 is 0.767 bits per heavy atom. The Balaban J connectivity index is 1.56. The molecular formula is C36H28N2O5. The highest BCUT2D eigenvalue weighted by atomic mass is 16.6. The Bertz CT molecular complexity index is 1920. The van der Waals surface area contributed by atoms with Crippen molar-refractivity contribution in [3.8, 4) is 0 Å². The number of ether oxygens (including phenoxy) is 1. The summed E-state index contributed by atoms with van der Waals surface area (Å²) in [5.74, 6) is -3.11. The highest BCUT2D eigenvalue weighted by molar-refractivity contribution is 6.49. The fraction of sp³-hybridized carbons (Fsp3) is 0.167. The number of nitrogens with one attached hydrogen (secondary N) is 1. The molecule has 1 N–H and O–H groups in total. The van der Waals surface area contributed by atoms with Crippen LogP contribution in [-0.4, -0.2) is 29.0 Å². The van der Waals surface area contributed by atoms with Gasteiger partial charge in [-0.25, -0.2) is 4.79 Å². The van der Waals surface area contributed by atoms with E-state index in [1.165, 1.54) is 4.90 Å². The predicted octanol–water partition coefficient (Wildman–Crippen LogP) is 6.22. The molecular weight excluding hydrogens is 540 g/mol. The molecule has 7 rings (SSSR count). The van der Waals surface area contributed by atoms with Crippen LogP contribution in [0.1, 0.15) is 32.3 Å². The van der Waals surface area contributed by atoms with E-state index in [0.717, 1.165) is 10.8 Å². The van der Waals surface area contributed by atoms with Crippen molar-refractivity contribution in [2.24, 2.45) is 5.41 Å². The number of hydrogen-bond acceptors (Lipinski definition) is 6. The summed E-state index contributed by atoms with van der Waals surface area (Å²) in [6.45, 7) is 3.95. The van der Waals surface area contributed by atoms with Crippen molar-refractivity contribution in [1.82, 2.24) is 0 Å². The fourth-order valence-electron chi connectivity index (χ4n) is 6.59. The zero-order valence-electron chi connectivity index (χ0n) is 23.7. The first-order valence-corrected chi connectivity index (χ1v) is 14.2. The zero-order valence-corrected chi connectivity index (χ0v) is 23.7. The van der Waals surface area contributed by atoms with Crippen molar-refractivity contribution in [2.75, 3.05) is 10.2 Å². The average molecular weight is 569 g/mol. The van der Waals surface area contributed by atoms with Gasteiger partial charge in [0.2, 0.25) is 0 Å². The minimum atomic E-state index is -2.24. The molecule has 0 saturated carbocycles. The van der Waals surface area contributed by atoms with Gasteiger partial charge in [0.15, 0.2) is 5.78 Å². The molecule has 3 aliphatic rings. The topological polar surface area (TPSA) is 92.8 Å². The van der Waals surface area contributed by atoms with Crippen molar-refractivity contribution < 1.29 is 23.9 Å². The number of esters is 1. The summed E-state index contributed by atoms with van der Waals surface area (Å²) in [4.78, 5) is 57.9. The normalized spacial score (nSPS) is 22.3. The minimum Gasteiger partial charge on any atom is -0.432 e. The van der Waals surface area contributed by atoms with Gasteiger partial charge in [-0.1, -0.05) is 98.8 Å². The standard InChI is InChI=1S/C36H28N2O5/c1-35(2)20-27-29(28(39)21-35)36(34(42)38(27)26-19-11-15-22-12-9-10-18-25(22)26)30(32(40)33(41)43-36)31(23-13-5-3-6-14-23)37-24-16-7-4-8-17-24/h3-19,37H,20-21H2,1-2H3/b31-30+. The fourth-order valence-corrected chi connectivity index (χ4v) is 6.59. The van der Waals surface area contributed by atoms with Crippen LogP contribution in [0.25, 0.3) is 16.5 Å². The summed E-state index contributed by atoms with van der Waals surface area (Å²) in [6.07, 6.45) is 0.507. The van der Waals surface area contributed by atoms with Crippen molar-refractivity contribution in [3.05, 3.63) is 126 Å². The smallest absolute Gasteiger partial charge is 0.381 e. The summed E-state index contributed by atoms with van der Waals surface area (Å²) < 4.78 is 5.90. The predicted molar refractivity (Wildman–Crippen MR) is 164 cm³/mol. The molecule has 1 atom stereocenters. The number of carbonyl (C=O) groups excluding carboxylic acids is 4. The average Bonchev–Trinajstić information content (AvgIpc) is 3.39. The Labute approximate surface area is 248 Å². The quantitative estimate of drug-likeness (QED) is 0.179. The largest absolute Gasteiger partial charge is 0.432 e. The molecule has 7 heteroatoms. The Morgan fingerprint density at radius 2 is 1.42 bits per heavy atom. The van der Waals surface area contributed by atoms with Crippen LogP contribution in [0.4, 0.5) is 11.4 Å². The molecule has 2 aliphatic heterocycles. The van der Waals surface area contributed by atoms with E-state index in [2.05, 4.69) is 5.32 Å². The van der Waals surface area contributed by atoms with Gasteiger partial charge in [0, 0.05) is 23.2 Å². The minimum absolute atomic E-state index is 0.0576. The molecule has 1 spiro atoms. The van der Waals surface area contributed by atoms with E-state index in [1.54, 1.807) is 24.3 Å². The van der Waals surface area contributed by atoms with Crippen LogP contribution in [0.5, 0.6) is 0 Å². The lowest BCUT2D eigenvalue weighted by Gasteiger charge is -2.33. The number of allylic oxidation sites excluding steroid dienone is 1. The number of Topliss-reactive ketones (excluding diaryl/α,β-unsaturated/α-hetero) is 2. The molecule has 7 nitrogen and oxygen atoms in total. The third-order valence-electron chi connectivity index (χ3n) is 8.35. The molecule has 0 aromatic heterocycles. The van der Waals surface area contributed by atoms with Crippen molar-refractivity contribution in [3.63, 3.8) is 0 Å². The maximum Gasteiger partial charge on any atom is 0.381 e. The summed E-state index contributed by atoms with van der Waals surface area (Å²) in [5.41, 5.74) is -0.373. The SMILES string of the molecule is CC1(C)CC(=O)C2=C(C1)N(c1cccc3ccccc13)C(=O)C21OC(=O)C(=O)/C1=C(\Nc1ccccc1)c1ccccc1. The maximum absolute atomic E-state index is 15.0. The first-order valence-electron chi connectivity index (χ1n) is 14.2. The molecule has 1 unspecified atom stereocenters. The van der Waals surface area contributed by atoms with Gasteiger partial charge >= 0.3 is 5.97 Å². The van der Waals surface area contributed by atoms with Crippen LogP contribution in [-0.2, 0) is 23.9 Å². The highest BCUT2D eigenvalue weighted by Crippen LogP contribution is 2.55. The van der Waals surface area contributed by atoms with E-state index in [0.29, 0.717) is 29.1 Å². The lowest BCUT2D eigenvalue weighted by Crippen LogP contribution is -2.46. The number of hydrogen-bond donors (Lipinski definition) is 1. The number of para-hydroxylation sites is 1. The van der Waals surface area contributed by atoms with Gasteiger partial charge in [0.25, 0.3) is 17.3 Å². The van der Waals surface area contributed by atoms with Crippen LogP contribution in [0, 0.1) is 5.41 Å². The van der Waals surface area contributed by atoms with Crippen molar-refractivity contribution >= 4 is 51.3 Å². The van der Waals surface area contributed by atoms with Gasteiger partial charge in [0.1, 0.15) is 0 Å². The van der Waals surface area contributed by atoms with E-state index in [-0.39, 0.29) is 29.0 Å². The van der Waals surface area contributed by atoms with Gasteiger partial charge in [-0.2, -0.15) is 0 Å². The second-order valence-electron chi connectivity index (χ2n) is 11.9. The number of benzene rings is 4. The Hall–Kier alpha value is -5.30. The van der Waals surface area contributed by atoms with Gasteiger partial charge in [-0.05, 0) is 41.0 Å². The summed E-state index contributed by atoms with van der Waals surface area (Å²) in [6, 6.07) is 31.4. The lowest BCUT2D eigenvalue weighted by atomic mass is 9.71. The molecule has 0 bridgehead atoms. The summed E-state index contributed by atoms with van der Waals surface area (Å²) in [7, 11) is 0. The number of rotatable bonds is 4. The van der Waals surface area contributed by atoms with Crippen LogP contribution in [0.15, 0.2) is 120 Å². The van der Waals surface area contributed by atoms with Gasteiger partial charge in [-0.3, -0.25) is 19.3 Å². The van der Waals surface area contributed by atoms with Crippen molar-refractivity contribution in [1.29, 1.82) is 0 Å². The third kappa shape index (κ3) is 4.03. The van der Waals surface area contributed by atoms with E-state index in [4.69, 9.17) is 4.74 Å². The molecule has 2 heterocycles. The molecule has 1 fully saturated rings. The molecule has 43 heavy (non-hydrogen) atoms. The first-order chi connectivity index (χ1) is 20.7. The number of nitrogens with zero attached hydrogens (tertiary/aromatic N) is 1. The molecule has 1 saturated heterocycles. The highest BCUT2D eigenvalue weighted by Gasteiger charge is 2.69. The van der Waals surface area contributed by atoms with E-state index < -0.39 is 28.7 Å². The van der Waals surface area contributed by atoms with E-state index in [9.17, 15) is 14.4 Å². The zero-order chi connectivity index (χ0) is 29.9. The van der Waals surface area contributed by atoms with Gasteiger partial charge < -0.3 is 10.1 Å². The second-order valence-corrected chi connectivity index (χ2v) is 11.9. The van der Waals surface area contributed by atoms with Gasteiger partial charge in [0.05, 0.1) is 22.5 Å². The number of fused-ring (bicyclic) bond motifs is 2. The second kappa shape index (κ2) is 9.63. The molecule has 4 aromatic rings. The molecule has 212 valence electrons. The van der Waals surface area contributed by atoms with Crippen LogP contribution < -0.4 is 10.2 Å². The number of carbonyl (C=O) groups is 4. The molecule has 4 aromatic carbocycles. The van der Waals surface area contributed by atoms with Crippen molar-refractivity contribution in [2.45, 2.75) is 32.3 Å². The monoisotopic (exact) mass is 568 g/mol. The van der Waals surface area contributed by atoms with E-state index in [1.807, 2.05) is 92.7 Å². The molecule has 0 radical (unpaired) electrons. The Morgan fingerprint density at radius 3 is 2.16 bits per heavy atom. The Kier molecular flexibility index (Phi) is 5.95. The van der Waals surface area contributed by atoms with Gasteiger partial charge in [-0.15, -0.1) is 0 Å². The van der Waals surface area contributed by atoms with E-state index >= 15 is 4.79 Å². The molecule has 1 aliphatic carbocycles. The van der Waals surface area contributed by atoms with Crippen LogP contribution in [0.2, 0.25) is 0 Å². The summed E-state index contributed by atoms with van der Waals surface area (Å²) in [5, 5.41) is 4.99. The number of amides is 1. The van der Waals surface area contributed by atoms with Crippen LogP contribution >= 0.6 is 0 Å². The maximum atomic E-state index is 15.0. The summed E-state index contributed by atoms with van der Waals surface area (Å²) >= 11 is 0. The number of anilines is 2. The first kappa shape index (κ1) is 26.6.